The quantitative estimate of drug-likeness (QED) is 0.561. The molecule has 4 heteroatoms. The molecule has 0 aliphatic carbocycles. The Labute approximate surface area is 157 Å². The van der Waals surface area contributed by atoms with Gasteiger partial charge in [0.2, 0.25) is 5.78 Å². The summed E-state index contributed by atoms with van der Waals surface area (Å²) in [4.78, 5) is 12.4. The number of Topliss-reactive ketones (excluding diaryl/α,β-unsaturated/α-hetero) is 1. The molecular weight excluding hydrogens is 346 g/mol. The monoisotopic (exact) mass is 361 g/mol. The van der Waals surface area contributed by atoms with Crippen molar-refractivity contribution in [3.63, 3.8) is 0 Å². The molecule has 0 saturated heterocycles. The van der Waals surface area contributed by atoms with Crippen molar-refractivity contribution < 1.29 is 9.53 Å². The van der Waals surface area contributed by atoms with Crippen LogP contribution < -0.4 is 4.74 Å². The number of hydrogen-bond acceptors (Lipinski definition) is 3. The first-order valence-electron chi connectivity index (χ1n) is 8.14. The highest BCUT2D eigenvalue weighted by atomic mass is 35.5. The molecule has 0 radical (unpaired) electrons. The van der Waals surface area contributed by atoms with Gasteiger partial charge < -0.3 is 4.74 Å². The van der Waals surface area contributed by atoms with E-state index in [9.17, 15) is 4.79 Å². The Hall–Kier alpha value is -3.09. The number of carbonyl (C=O) groups is 1. The van der Waals surface area contributed by atoms with Gasteiger partial charge in [-0.25, -0.2) is 0 Å². The van der Waals surface area contributed by atoms with Gasteiger partial charge in [-0.1, -0.05) is 48.0 Å². The molecule has 3 nitrogen and oxygen atoms in total. The summed E-state index contributed by atoms with van der Waals surface area (Å²) in [6.45, 7) is 1.72. The Kier molecular flexibility index (Phi) is 5.36. The minimum absolute atomic E-state index is 0.122. The lowest BCUT2D eigenvalue weighted by Crippen LogP contribution is -2.23. The molecule has 0 bridgehead atoms. The van der Waals surface area contributed by atoms with Crippen molar-refractivity contribution >= 4 is 17.4 Å². The number of halogens is 1. The number of benzene rings is 3. The van der Waals surface area contributed by atoms with Gasteiger partial charge in [0.1, 0.15) is 5.75 Å². The number of nitriles is 1. The lowest BCUT2D eigenvalue weighted by atomic mass is 10.0. The van der Waals surface area contributed by atoms with Crippen LogP contribution in [-0.4, -0.2) is 11.9 Å². The molecule has 26 heavy (non-hydrogen) atoms. The van der Waals surface area contributed by atoms with Crippen LogP contribution in [0.3, 0.4) is 0 Å². The van der Waals surface area contributed by atoms with Crippen molar-refractivity contribution in [3.05, 3.63) is 88.9 Å². The van der Waals surface area contributed by atoms with Crippen LogP contribution in [0.5, 0.6) is 5.75 Å². The summed E-state index contributed by atoms with van der Waals surface area (Å²) < 4.78 is 5.76. The second-order valence-corrected chi connectivity index (χ2v) is 6.28. The molecule has 3 rings (SSSR count). The van der Waals surface area contributed by atoms with E-state index >= 15 is 0 Å². The van der Waals surface area contributed by atoms with Gasteiger partial charge in [-0.2, -0.15) is 5.26 Å². The Bertz CT molecular complexity index is 957. The summed E-state index contributed by atoms with van der Waals surface area (Å²) in [5.41, 5.74) is 3.18. The van der Waals surface area contributed by atoms with Gasteiger partial charge in [0, 0.05) is 10.6 Å². The summed E-state index contributed by atoms with van der Waals surface area (Å²) in [6, 6.07) is 23.8. The number of ether oxygens (including phenoxy) is 1. The molecule has 0 N–H and O–H groups in total. The molecule has 0 spiro atoms. The van der Waals surface area contributed by atoms with Crippen molar-refractivity contribution in [1.29, 1.82) is 5.26 Å². The predicted molar refractivity (Wildman–Crippen MR) is 102 cm³/mol. The number of nitrogens with zero attached hydrogens (tertiary/aromatic N) is 1. The van der Waals surface area contributed by atoms with Gasteiger partial charge in [-0.15, -0.1) is 0 Å². The Morgan fingerprint density at radius 3 is 2.19 bits per heavy atom. The lowest BCUT2D eigenvalue weighted by molar-refractivity contribution is 0.0818. The second-order valence-electron chi connectivity index (χ2n) is 5.85. The van der Waals surface area contributed by atoms with Crippen LogP contribution in [0, 0.1) is 11.3 Å². The highest BCUT2D eigenvalue weighted by Crippen LogP contribution is 2.24. The first kappa shape index (κ1) is 17.7. The van der Waals surface area contributed by atoms with Crippen molar-refractivity contribution in [2.24, 2.45) is 0 Å². The molecule has 1 atom stereocenters. The average molecular weight is 362 g/mol. The zero-order valence-electron chi connectivity index (χ0n) is 14.1. The summed E-state index contributed by atoms with van der Waals surface area (Å²) in [5, 5.41) is 9.38. The van der Waals surface area contributed by atoms with Crippen LogP contribution in [0.2, 0.25) is 5.02 Å². The fourth-order valence-electron chi connectivity index (χ4n) is 2.60. The third-order valence-corrected chi connectivity index (χ3v) is 4.23. The Morgan fingerprint density at radius 2 is 1.62 bits per heavy atom. The average Bonchev–Trinajstić information content (AvgIpc) is 2.68. The number of carbonyl (C=O) groups excluding carboxylic acids is 1. The summed E-state index contributed by atoms with van der Waals surface area (Å²) in [6.07, 6.45) is -0.616. The summed E-state index contributed by atoms with van der Waals surface area (Å²) >= 11 is 5.94. The molecule has 3 aromatic rings. The third kappa shape index (κ3) is 4.11. The summed E-state index contributed by atoms with van der Waals surface area (Å²) in [7, 11) is 0. The van der Waals surface area contributed by atoms with Gasteiger partial charge in [0.25, 0.3) is 0 Å². The highest BCUT2D eigenvalue weighted by molar-refractivity contribution is 6.31. The fraction of sp³-hybridized carbons (Fsp3) is 0.0909. The first-order chi connectivity index (χ1) is 12.6. The van der Waals surface area contributed by atoms with Gasteiger partial charge in [0.15, 0.2) is 6.10 Å². The fourth-order valence-corrected chi connectivity index (χ4v) is 2.79. The van der Waals surface area contributed by atoms with Crippen LogP contribution >= 0.6 is 11.6 Å². The number of ketones is 1. The van der Waals surface area contributed by atoms with E-state index < -0.39 is 6.10 Å². The molecule has 0 saturated carbocycles. The van der Waals surface area contributed by atoms with Crippen LogP contribution in [0.1, 0.15) is 22.8 Å². The third-order valence-electron chi connectivity index (χ3n) is 3.99. The van der Waals surface area contributed by atoms with Crippen LogP contribution in [0.4, 0.5) is 0 Å². The largest absolute Gasteiger partial charge is 0.483 e. The van der Waals surface area contributed by atoms with E-state index in [1.807, 2.05) is 36.4 Å². The number of hydrogen-bond donors (Lipinski definition) is 0. The zero-order valence-corrected chi connectivity index (χ0v) is 14.9. The Balaban J connectivity index is 1.70. The zero-order chi connectivity index (χ0) is 18.5. The standard InChI is InChI=1S/C22H16ClNO2/c1-15(22(25)19-3-2-4-20(23)13-19)26-21-11-9-18(10-12-21)17-7-5-16(14-24)6-8-17/h2-13,15H,1H3/t15-/m0/s1. The molecular formula is C22H16ClNO2. The molecule has 0 aliphatic heterocycles. The molecule has 0 heterocycles. The van der Waals surface area contributed by atoms with E-state index in [0.717, 1.165) is 11.1 Å². The Morgan fingerprint density at radius 1 is 1.00 bits per heavy atom. The normalized spacial score (nSPS) is 11.4. The molecule has 128 valence electrons. The minimum atomic E-state index is -0.616. The van der Waals surface area contributed by atoms with E-state index in [4.69, 9.17) is 21.6 Å². The topological polar surface area (TPSA) is 50.1 Å². The van der Waals surface area contributed by atoms with E-state index in [0.29, 0.717) is 21.9 Å². The van der Waals surface area contributed by atoms with E-state index in [2.05, 4.69) is 6.07 Å². The molecule has 3 aromatic carbocycles. The van der Waals surface area contributed by atoms with Gasteiger partial charge in [0.05, 0.1) is 11.6 Å². The SMILES string of the molecule is C[C@H](Oc1ccc(-c2ccc(C#N)cc2)cc1)C(=O)c1cccc(Cl)c1. The van der Waals surface area contributed by atoms with Crippen molar-refractivity contribution in [3.8, 4) is 22.9 Å². The molecule has 0 fully saturated rings. The van der Waals surface area contributed by atoms with Crippen molar-refractivity contribution in [2.75, 3.05) is 0 Å². The van der Waals surface area contributed by atoms with Crippen LogP contribution in [0.25, 0.3) is 11.1 Å². The van der Waals surface area contributed by atoms with Gasteiger partial charge in [-0.05, 0) is 54.4 Å². The maximum absolute atomic E-state index is 12.4. The van der Waals surface area contributed by atoms with E-state index in [1.54, 1.807) is 43.3 Å². The maximum atomic E-state index is 12.4. The lowest BCUT2D eigenvalue weighted by Gasteiger charge is -2.14. The van der Waals surface area contributed by atoms with Gasteiger partial charge >= 0.3 is 0 Å². The van der Waals surface area contributed by atoms with E-state index in [-0.39, 0.29) is 5.78 Å². The first-order valence-corrected chi connectivity index (χ1v) is 8.51. The predicted octanol–water partition coefficient (Wildman–Crippen LogP) is 5.53. The number of rotatable bonds is 5. The van der Waals surface area contributed by atoms with Gasteiger partial charge in [-0.3, -0.25) is 4.79 Å². The molecule has 0 aliphatic rings. The molecule has 0 aromatic heterocycles. The summed E-state index contributed by atoms with van der Waals surface area (Å²) in [5.74, 6) is 0.494. The molecule has 0 amide bonds. The highest BCUT2D eigenvalue weighted by Gasteiger charge is 2.17. The second kappa shape index (κ2) is 7.86. The van der Waals surface area contributed by atoms with Crippen molar-refractivity contribution in [1.82, 2.24) is 0 Å². The smallest absolute Gasteiger partial charge is 0.203 e. The van der Waals surface area contributed by atoms with Crippen LogP contribution in [-0.2, 0) is 0 Å². The minimum Gasteiger partial charge on any atom is -0.483 e. The van der Waals surface area contributed by atoms with Crippen molar-refractivity contribution in [2.45, 2.75) is 13.0 Å². The molecule has 0 unspecified atom stereocenters. The van der Waals surface area contributed by atoms with Crippen LogP contribution in [0.15, 0.2) is 72.8 Å². The van der Waals surface area contributed by atoms with E-state index in [1.165, 1.54) is 0 Å². The maximum Gasteiger partial charge on any atom is 0.203 e.